The highest BCUT2D eigenvalue weighted by Crippen LogP contribution is 2.34. The highest BCUT2D eigenvalue weighted by atomic mass is 79.9. The van der Waals surface area contributed by atoms with Gasteiger partial charge < -0.3 is 16.6 Å². The van der Waals surface area contributed by atoms with Crippen LogP contribution in [0, 0.1) is 0 Å². The molecule has 0 aliphatic rings. The quantitative estimate of drug-likeness (QED) is 0.794. The van der Waals surface area contributed by atoms with E-state index in [1.165, 1.54) is 0 Å². The Morgan fingerprint density at radius 2 is 2.14 bits per heavy atom. The van der Waals surface area contributed by atoms with Crippen LogP contribution in [0.15, 0.2) is 16.6 Å². The lowest BCUT2D eigenvalue weighted by Gasteiger charge is -2.13. The van der Waals surface area contributed by atoms with E-state index in [0.717, 1.165) is 4.47 Å². The van der Waals surface area contributed by atoms with Crippen molar-refractivity contribution in [3.8, 4) is 5.75 Å². The van der Waals surface area contributed by atoms with E-state index in [9.17, 15) is 5.11 Å². The molecule has 0 radical (unpaired) electrons. The predicted octanol–water partition coefficient (Wildman–Crippen LogP) is 2.16. The average Bonchev–Trinajstić information content (AvgIpc) is 2.11. The fraction of sp³-hybridized carbons (Fsp3) is 0.333. The molecule has 1 atom stereocenters. The topological polar surface area (TPSA) is 72.3 Å². The van der Waals surface area contributed by atoms with Gasteiger partial charge in [0.25, 0.3) is 0 Å². The van der Waals surface area contributed by atoms with Crippen LogP contribution in [0.25, 0.3) is 0 Å². The van der Waals surface area contributed by atoms with Crippen LogP contribution in [0.4, 0.5) is 0 Å². The maximum atomic E-state index is 9.65. The zero-order valence-corrected chi connectivity index (χ0v) is 9.85. The van der Waals surface area contributed by atoms with Gasteiger partial charge in [-0.3, -0.25) is 0 Å². The van der Waals surface area contributed by atoms with E-state index >= 15 is 0 Å². The summed E-state index contributed by atoms with van der Waals surface area (Å²) in [4.78, 5) is 0. The normalized spacial score (nSPS) is 12.9. The Morgan fingerprint density at radius 1 is 1.50 bits per heavy atom. The molecular formula is C9H12BrClN2O. The molecule has 0 fully saturated rings. The van der Waals surface area contributed by atoms with Crippen LogP contribution >= 0.6 is 27.5 Å². The van der Waals surface area contributed by atoms with Gasteiger partial charge >= 0.3 is 0 Å². The third-order valence-corrected chi connectivity index (χ3v) is 2.68. The fourth-order valence-electron chi connectivity index (χ4n) is 1.20. The Balaban J connectivity index is 3.07. The number of benzene rings is 1. The number of rotatable bonds is 3. The number of nitrogens with two attached hydrogens (primary N) is 2. The monoisotopic (exact) mass is 278 g/mol. The Labute approximate surface area is 96.2 Å². The van der Waals surface area contributed by atoms with E-state index in [-0.39, 0.29) is 11.8 Å². The van der Waals surface area contributed by atoms with Crippen molar-refractivity contribution in [2.75, 3.05) is 6.54 Å². The first-order chi connectivity index (χ1) is 6.56. The van der Waals surface area contributed by atoms with Crippen LogP contribution < -0.4 is 11.5 Å². The standard InChI is InChI=1S/C9H12BrClN2O/c10-5-3-6(8(13)1-2-12)9(14)7(11)4-5/h3-4,8,14H,1-2,12-13H2/t8-/m1/s1. The summed E-state index contributed by atoms with van der Waals surface area (Å²) in [5.41, 5.74) is 11.8. The first-order valence-electron chi connectivity index (χ1n) is 4.19. The van der Waals surface area contributed by atoms with Crippen LogP contribution in [0.5, 0.6) is 5.75 Å². The van der Waals surface area contributed by atoms with E-state index in [0.29, 0.717) is 23.6 Å². The predicted molar refractivity (Wildman–Crippen MR) is 61.4 cm³/mol. The van der Waals surface area contributed by atoms with Crippen LogP contribution in [0.1, 0.15) is 18.0 Å². The zero-order chi connectivity index (χ0) is 10.7. The maximum absolute atomic E-state index is 9.65. The summed E-state index contributed by atoms with van der Waals surface area (Å²) in [7, 11) is 0. The van der Waals surface area contributed by atoms with Gasteiger partial charge in [0.1, 0.15) is 5.75 Å². The molecular weight excluding hydrogens is 267 g/mol. The summed E-state index contributed by atoms with van der Waals surface area (Å²) >= 11 is 9.08. The second kappa shape index (κ2) is 4.98. The third-order valence-electron chi connectivity index (χ3n) is 1.93. The first-order valence-corrected chi connectivity index (χ1v) is 5.37. The molecule has 78 valence electrons. The molecule has 0 aliphatic carbocycles. The molecule has 1 aromatic carbocycles. The molecule has 0 heterocycles. The van der Waals surface area contributed by atoms with E-state index in [1.807, 2.05) is 0 Å². The largest absolute Gasteiger partial charge is 0.506 e. The fourth-order valence-corrected chi connectivity index (χ4v) is 2.04. The molecule has 0 aliphatic heterocycles. The highest BCUT2D eigenvalue weighted by molar-refractivity contribution is 9.10. The first kappa shape index (κ1) is 11.8. The van der Waals surface area contributed by atoms with Gasteiger partial charge in [-0.1, -0.05) is 27.5 Å². The Kier molecular flexibility index (Phi) is 4.19. The molecule has 0 saturated carbocycles. The molecule has 5 heteroatoms. The molecule has 1 rings (SSSR count). The summed E-state index contributed by atoms with van der Waals surface area (Å²) in [6, 6.07) is 3.09. The van der Waals surface area contributed by atoms with Gasteiger partial charge in [0, 0.05) is 16.1 Å². The van der Waals surface area contributed by atoms with Crippen molar-refractivity contribution in [3.05, 3.63) is 27.2 Å². The van der Waals surface area contributed by atoms with Gasteiger partial charge in [0.15, 0.2) is 0 Å². The smallest absolute Gasteiger partial charge is 0.139 e. The number of phenolic OH excluding ortho intramolecular Hbond substituents is 1. The van der Waals surface area contributed by atoms with Crippen molar-refractivity contribution >= 4 is 27.5 Å². The minimum atomic E-state index is -0.282. The number of aromatic hydroxyl groups is 1. The molecule has 0 spiro atoms. The third kappa shape index (κ3) is 2.60. The van der Waals surface area contributed by atoms with Crippen molar-refractivity contribution in [1.82, 2.24) is 0 Å². The summed E-state index contributed by atoms with van der Waals surface area (Å²) in [6.45, 7) is 0.477. The minimum Gasteiger partial charge on any atom is -0.506 e. The van der Waals surface area contributed by atoms with E-state index in [1.54, 1.807) is 12.1 Å². The van der Waals surface area contributed by atoms with Gasteiger partial charge in [-0.25, -0.2) is 0 Å². The molecule has 0 saturated heterocycles. The Morgan fingerprint density at radius 3 is 2.71 bits per heavy atom. The number of phenols is 1. The van der Waals surface area contributed by atoms with E-state index in [2.05, 4.69) is 15.9 Å². The molecule has 0 aromatic heterocycles. The number of hydrogen-bond acceptors (Lipinski definition) is 3. The SMILES string of the molecule is NCC[C@@H](N)c1cc(Br)cc(Cl)c1O. The van der Waals surface area contributed by atoms with Gasteiger partial charge in [-0.15, -0.1) is 0 Å². The highest BCUT2D eigenvalue weighted by Gasteiger charge is 2.13. The molecule has 3 nitrogen and oxygen atoms in total. The van der Waals surface area contributed by atoms with Crippen molar-refractivity contribution in [3.63, 3.8) is 0 Å². The molecule has 0 unspecified atom stereocenters. The minimum absolute atomic E-state index is 0.0378. The zero-order valence-electron chi connectivity index (χ0n) is 7.50. The lowest BCUT2D eigenvalue weighted by atomic mass is 10.0. The second-order valence-corrected chi connectivity index (χ2v) is 4.33. The van der Waals surface area contributed by atoms with Crippen molar-refractivity contribution in [2.45, 2.75) is 12.5 Å². The summed E-state index contributed by atoms with van der Waals surface area (Å²) < 4.78 is 0.794. The summed E-state index contributed by atoms with van der Waals surface area (Å²) in [5, 5.41) is 9.94. The van der Waals surface area contributed by atoms with E-state index in [4.69, 9.17) is 23.1 Å². The van der Waals surface area contributed by atoms with Crippen LogP contribution in [0.3, 0.4) is 0 Å². The lowest BCUT2D eigenvalue weighted by molar-refractivity contribution is 0.459. The van der Waals surface area contributed by atoms with Gasteiger partial charge in [-0.05, 0) is 25.1 Å². The van der Waals surface area contributed by atoms with Crippen molar-refractivity contribution < 1.29 is 5.11 Å². The molecule has 0 bridgehead atoms. The Bertz CT molecular complexity index is 333. The average molecular weight is 280 g/mol. The van der Waals surface area contributed by atoms with Gasteiger partial charge in [0.2, 0.25) is 0 Å². The number of halogens is 2. The van der Waals surface area contributed by atoms with E-state index < -0.39 is 0 Å². The molecule has 0 amide bonds. The van der Waals surface area contributed by atoms with Gasteiger partial charge in [0.05, 0.1) is 5.02 Å². The van der Waals surface area contributed by atoms with Crippen molar-refractivity contribution in [2.24, 2.45) is 11.5 Å². The second-order valence-electron chi connectivity index (χ2n) is 3.01. The van der Waals surface area contributed by atoms with Gasteiger partial charge in [-0.2, -0.15) is 0 Å². The van der Waals surface area contributed by atoms with Crippen LogP contribution in [-0.4, -0.2) is 11.7 Å². The summed E-state index contributed by atoms with van der Waals surface area (Å²) in [5.74, 6) is 0.0378. The Hall–Kier alpha value is -0.290. The lowest BCUT2D eigenvalue weighted by Crippen LogP contribution is -2.15. The van der Waals surface area contributed by atoms with Crippen LogP contribution in [-0.2, 0) is 0 Å². The summed E-state index contributed by atoms with van der Waals surface area (Å²) in [6.07, 6.45) is 0.611. The maximum Gasteiger partial charge on any atom is 0.139 e. The molecule has 1 aromatic rings. The molecule has 5 N–H and O–H groups in total. The number of hydrogen-bond donors (Lipinski definition) is 3. The molecule has 14 heavy (non-hydrogen) atoms. The van der Waals surface area contributed by atoms with Crippen LogP contribution in [0.2, 0.25) is 5.02 Å². The van der Waals surface area contributed by atoms with Crippen molar-refractivity contribution in [1.29, 1.82) is 0 Å².